The van der Waals surface area contributed by atoms with Gasteiger partial charge in [0.1, 0.15) is 5.82 Å². The van der Waals surface area contributed by atoms with Gasteiger partial charge >= 0.3 is 12.3 Å². The predicted molar refractivity (Wildman–Crippen MR) is 171 cm³/mol. The van der Waals surface area contributed by atoms with Crippen molar-refractivity contribution in [3.8, 4) is 0 Å². The lowest BCUT2D eigenvalue weighted by Crippen LogP contribution is -2.57. The zero-order valence-corrected chi connectivity index (χ0v) is 28.1. The maximum atomic E-state index is 15.4. The number of rotatable bonds is 10. The molecule has 0 spiro atoms. The Morgan fingerprint density at radius 1 is 1.15 bits per heavy atom. The number of amides is 1. The van der Waals surface area contributed by atoms with Gasteiger partial charge in [-0.3, -0.25) is 4.79 Å². The smallest absolute Gasteiger partial charge is 0.414 e. The fourth-order valence-electron chi connectivity index (χ4n) is 7.19. The second-order valence-corrected chi connectivity index (χ2v) is 15.2. The maximum Gasteiger partial charge on any atom is 0.414 e. The van der Waals surface area contributed by atoms with Gasteiger partial charge in [0, 0.05) is 42.5 Å². The number of ether oxygens (including phenoxy) is 2. The standard InChI is InChI=1S/C33H40ClF4N3O6S/c1-46-32(43)40-31(30(20-7-10-23(34)11-8-20)22-9-14-29(47-19-22)33(36,37)38)28(42)16-21-4-2-6-27(35)26(21)13-12-25-17-39-24-5-3-15-48(44,45)41(25)18-24/h2,4,6-8,10-11,22,24-25,29-31,39H,3,5,9,12-19H2,1H3,(H,40,43)/t22?,24-,25+,29?,30+,31-/m1/s1. The molecule has 3 fully saturated rings. The van der Waals surface area contributed by atoms with Crippen LogP contribution in [0.1, 0.15) is 54.7 Å². The highest BCUT2D eigenvalue weighted by atomic mass is 35.5. The van der Waals surface area contributed by atoms with E-state index in [1.807, 2.05) is 0 Å². The van der Waals surface area contributed by atoms with Crippen LogP contribution < -0.4 is 10.6 Å². The molecule has 9 nitrogen and oxygen atoms in total. The van der Waals surface area contributed by atoms with Crippen LogP contribution in [0.25, 0.3) is 0 Å². The number of hydrogen-bond donors (Lipinski definition) is 2. The summed E-state index contributed by atoms with van der Waals surface area (Å²) < 4.78 is 93.2. The minimum absolute atomic E-state index is 0.0605. The topological polar surface area (TPSA) is 114 Å². The zero-order chi connectivity index (χ0) is 34.6. The monoisotopic (exact) mass is 717 g/mol. The molecule has 0 aromatic heterocycles. The van der Waals surface area contributed by atoms with Gasteiger partial charge < -0.3 is 20.1 Å². The Bertz CT molecular complexity index is 1550. The number of alkyl halides is 3. The van der Waals surface area contributed by atoms with Crippen LogP contribution in [0, 0.1) is 11.7 Å². The van der Waals surface area contributed by atoms with Crippen molar-refractivity contribution in [3.63, 3.8) is 0 Å². The molecule has 0 saturated carbocycles. The first-order valence-corrected chi connectivity index (χ1v) is 18.1. The van der Waals surface area contributed by atoms with E-state index in [9.17, 15) is 31.2 Å². The van der Waals surface area contributed by atoms with Crippen molar-refractivity contribution in [1.82, 2.24) is 14.9 Å². The highest BCUT2D eigenvalue weighted by Crippen LogP contribution is 2.40. The number of carbonyl (C=O) groups is 2. The molecule has 1 amide bonds. The lowest BCUT2D eigenvalue weighted by atomic mass is 9.75. The Labute approximate surface area is 282 Å². The van der Waals surface area contributed by atoms with E-state index in [1.54, 1.807) is 30.3 Å². The van der Waals surface area contributed by atoms with Crippen LogP contribution in [0.5, 0.6) is 0 Å². The number of halogens is 5. The number of nitrogens with zero attached hydrogens (tertiary/aromatic N) is 1. The van der Waals surface area contributed by atoms with Gasteiger partial charge in [0.05, 0.1) is 25.5 Å². The summed E-state index contributed by atoms with van der Waals surface area (Å²) >= 11 is 6.12. The lowest BCUT2D eigenvalue weighted by molar-refractivity contribution is -0.236. The van der Waals surface area contributed by atoms with Gasteiger partial charge in [-0.05, 0) is 79.3 Å². The largest absolute Gasteiger partial charge is 0.453 e. The molecule has 0 aliphatic carbocycles. The van der Waals surface area contributed by atoms with Crippen LogP contribution in [-0.4, -0.2) is 87.6 Å². The molecule has 0 radical (unpaired) electrons. The van der Waals surface area contributed by atoms with Crippen molar-refractivity contribution in [1.29, 1.82) is 0 Å². The Morgan fingerprint density at radius 2 is 1.90 bits per heavy atom. The molecule has 3 unspecified atom stereocenters. The van der Waals surface area contributed by atoms with Crippen LogP contribution in [0.2, 0.25) is 5.02 Å². The number of benzene rings is 2. The highest BCUT2D eigenvalue weighted by molar-refractivity contribution is 7.89. The molecule has 3 aliphatic heterocycles. The molecular formula is C33H40ClF4N3O6S. The minimum atomic E-state index is -4.54. The minimum Gasteiger partial charge on any atom is -0.453 e. The molecule has 264 valence electrons. The van der Waals surface area contributed by atoms with Crippen LogP contribution in [-0.2, 0) is 37.1 Å². The Morgan fingerprint density at radius 3 is 2.56 bits per heavy atom. The molecular weight excluding hydrogens is 678 g/mol. The maximum absolute atomic E-state index is 15.4. The highest BCUT2D eigenvalue weighted by Gasteiger charge is 2.46. The second-order valence-electron chi connectivity index (χ2n) is 12.7. The molecule has 7 atom stereocenters. The van der Waals surface area contributed by atoms with Crippen LogP contribution in [0.15, 0.2) is 42.5 Å². The van der Waals surface area contributed by atoms with Crippen LogP contribution in [0.3, 0.4) is 0 Å². The molecule has 3 saturated heterocycles. The molecule has 2 N–H and O–H groups in total. The Hall–Kier alpha value is -2.78. The van der Waals surface area contributed by atoms with Crippen LogP contribution in [0.4, 0.5) is 22.4 Å². The van der Waals surface area contributed by atoms with E-state index >= 15 is 4.39 Å². The number of Topliss-reactive ketones (excluding diaryl/α,β-unsaturated/α-hetero) is 1. The molecule has 3 heterocycles. The van der Waals surface area contributed by atoms with Gasteiger partial charge in [-0.25, -0.2) is 17.6 Å². The number of carbonyl (C=O) groups excluding carboxylic acids is 2. The molecule has 2 bridgehead atoms. The average molecular weight is 718 g/mol. The first kappa shape index (κ1) is 36.5. The fraction of sp³-hybridized carbons (Fsp3) is 0.576. The number of hydrogen-bond acceptors (Lipinski definition) is 7. The van der Waals surface area contributed by atoms with E-state index in [-0.39, 0.29) is 55.7 Å². The van der Waals surface area contributed by atoms with E-state index in [0.717, 1.165) is 13.5 Å². The second kappa shape index (κ2) is 15.4. The average Bonchev–Trinajstić information content (AvgIpc) is 3.16. The van der Waals surface area contributed by atoms with Crippen molar-refractivity contribution in [2.24, 2.45) is 5.92 Å². The first-order chi connectivity index (χ1) is 22.8. The van der Waals surface area contributed by atoms with Crippen molar-refractivity contribution in [2.45, 2.75) is 81.3 Å². The van der Waals surface area contributed by atoms with Gasteiger partial charge in [0.2, 0.25) is 10.0 Å². The summed E-state index contributed by atoms with van der Waals surface area (Å²) in [5, 5.41) is 6.40. The van der Waals surface area contributed by atoms with Gasteiger partial charge in [-0.2, -0.15) is 17.5 Å². The third-order valence-electron chi connectivity index (χ3n) is 9.67. The summed E-state index contributed by atoms with van der Waals surface area (Å²) in [7, 11) is -2.33. The number of nitrogens with one attached hydrogen (secondary N) is 2. The molecule has 2 aromatic rings. The predicted octanol–water partition coefficient (Wildman–Crippen LogP) is 5.16. The lowest BCUT2D eigenvalue weighted by Gasteiger charge is -2.38. The number of fused-ring (bicyclic) bond motifs is 2. The first-order valence-electron chi connectivity index (χ1n) is 16.1. The third-order valence-corrected chi connectivity index (χ3v) is 11.9. The fourth-order valence-corrected chi connectivity index (χ4v) is 9.13. The van der Waals surface area contributed by atoms with Crippen molar-refractivity contribution in [2.75, 3.05) is 32.6 Å². The molecule has 2 aromatic carbocycles. The summed E-state index contributed by atoms with van der Waals surface area (Å²) in [5.41, 5.74) is 1.17. The quantitative estimate of drug-likeness (QED) is 0.327. The zero-order valence-electron chi connectivity index (χ0n) is 26.5. The molecule has 48 heavy (non-hydrogen) atoms. The Kier molecular flexibility index (Phi) is 11.7. The molecule has 5 rings (SSSR count). The molecule has 3 aliphatic rings. The van der Waals surface area contributed by atoms with Crippen molar-refractivity contribution >= 4 is 33.5 Å². The number of sulfonamides is 1. The normalized spacial score (nSPS) is 26.9. The molecule has 15 heteroatoms. The van der Waals surface area contributed by atoms with Gasteiger partial charge in [0.15, 0.2) is 11.9 Å². The third kappa shape index (κ3) is 8.68. The van der Waals surface area contributed by atoms with E-state index in [4.69, 9.17) is 21.1 Å². The number of ketones is 1. The van der Waals surface area contributed by atoms with Crippen molar-refractivity contribution in [3.05, 3.63) is 70.0 Å². The summed E-state index contributed by atoms with van der Waals surface area (Å²) in [5.74, 6) is -2.42. The van der Waals surface area contributed by atoms with Crippen LogP contribution >= 0.6 is 11.6 Å². The van der Waals surface area contributed by atoms with Gasteiger partial charge in [-0.1, -0.05) is 35.9 Å². The van der Waals surface area contributed by atoms with E-state index < -0.39 is 57.9 Å². The van der Waals surface area contributed by atoms with Gasteiger partial charge in [0.25, 0.3) is 0 Å². The number of methoxy groups -OCH3 is 1. The van der Waals surface area contributed by atoms with Gasteiger partial charge in [-0.15, -0.1) is 0 Å². The summed E-state index contributed by atoms with van der Waals surface area (Å²) in [6.45, 7) is 0.474. The number of piperazine rings is 1. The number of alkyl carbamates (subject to hydrolysis) is 1. The summed E-state index contributed by atoms with van der Waals surface area (Å²) in [6, 6.07) is 9.24. The van der Waals surface area contributed by atoms with E-state index in [0.29, 0.717) is 42.1 Å². The SMILES string of the molecule is COC(=O)N[C@H](C(=O)Cc1cccc(F)c1CC[C@H]1CN[C@@H]2CCCS(=O)(=O)N1C2)[C@@H](c1ccc(Cl)cc1)C1CCC(C(F)(F)F)OC1. The Balaban J connectivity index is 1.41. The van der Waals surface area contributed by atoms with E-state index in [2.05, 4.69) is 10.6 Å². The summed E-state index contributed by atoms with van der Waals surface area (Å²) in [4.78, 5) is 26.8. The van der Waals surface area contributed by atoms with E-state index in [1.165, 1.54) is 16.4 Å². The summed E-state index contributed by atoms with van der Waals surface area (Å²) in [6.07, 6.45) is -6.17. The van der Waals surface area contributed by atoms with Crippen molar-refractivity contribution < 1.29 is 45.0 Å².